The smallest absolute Gasteiger partial charge is 0.332 e. The monoisotopic (exact) mass is 420 g/mol. The number of ketones is 1. The van der Waals surface area contributed by atoms with E-state index in [4.69, 9.17) is 15.2 Å². The van der Waals surface area contributed by atoms with Gasteiger partial charge in [0.15, 0.2) is 11.3 Å². The van der Waals surface area contributed by atoms with Gasteiger partial charge < -0.3 is 20.3 Å². The number of aliphatic carboxylic acids is 1. The first kappa shape index (κ1) is 24.0. The van der Waals surface area contributed by atoms with Crippen LogP contribution >= 0.6 is 0 Å². The number of Topliss-reactive ketones (excluding diaryl/α,β-unsaturated/α-hetero) is 1. The highest BCUT2D eigenvalue weighted by Gasteiger charge is 2.58. The van der Waals surface area contributed by atoms with Crippen molar-refractivity contribution in [1.82, 2.24) is 4.90 Å². The van der Waals surface area contributed by atoms with Crippen LogP contribution in [0.3, 0.4) is 0 Å². The lowest BCUT2D eigenvalue weighted by molar-refractivity contribution is -0.156. The Kier molecular flexibility index (Phi) is 8.52. The molecule has 1 fully saturated rings. The van der Waals surface area contributed by atoms with Crippen LogP contribution < -0.4 is 5.73 Å². The van der Waals surface area contributed by atoms with Gasteiger partial charge in [-0.25, -0.2) is 4.79 Å². The zero-order chi connectivity index (χ0) is 22.3. The maximum absolute atomic E-state index is 13.0. The van der Waals surface area contributed by atoms with Crippen LogP contribution in [-0.4, -0.2) is 65.1 Å². The van der Waals surface area contributed by atoms with E-state index >= 15 is 0 Å². The second kappa shape index (κ2) is 10.7. The van der Waals surface area contributed by atoms with E-state index in [2.05, 4.69) is 0 Å². The van der Waals surface area contributed by atoms with Gasteiger partial charge in [0.1, 0.15) is 0 Å². The Morgan fingerprint density at radius 1 is 1.27 bits per heavy atom. The summed E-state index contributed by atoms with van der Waals surface area (Å²) in [5, 5.41) is 10.1. The Bertz CT molecular complexity index is 738. The number of ether oxygens (including phenoxy) is 2. The second-order valence-corrected chi connectivity index (χ2v) is 7.96. The molecule has 0 radical (unpaired) electrons. The molecule has 0 saturated carbocycles. The second-order valence-electron chi connectivity index (χ2n) is 7.96. The van der Waals surface area contributed by atoms with Crippen LogP contribution in [0.4, 0.5) is 0 Å². The van der Waals surface area contributed by atoms with Gasteiger partial charge in [0.05, 0.1) is 25.4 Å². The summed E-state index contributed by atoms with van der Waals surface area (Å²) in [5.41, 5.74) is 5.01. The van der Waals surface area contributed by atoms with Crippen LogP contribution in [0.15, 0.2) is 30.3 Å². The molecule has 1 unspecified atom stereocenters. The van der Waals surface area contributed by atoms with Crippen molar-refractivity contribution < 1.29 is 29.0 Å². The summed E-state index contributed by atoms with van der Waals surface area (Å²) < 4.78 is 11.0. The summed E-state index contributed by atoms with van der Waals surface area (Å²) in [6.07, 6.45) is -0.289. The van der Waals surface area contributed by atoms with Crippen LogP contribution in [0.25, 0.3) is 0 Å². The van der Waals surface area contributed by atoms with Crippen molar-refractivity contribution in [3.8, 4) is 0 Å². The SMILES string of the molecule is CCOC(=O)CC(C)CN1C[C@@H](OCc2ccccc2)C[C@@]1(C(=O)O)C(=O)[C@H](C)N. The molecule has 1 saturated heterocycles. The minimum Gasteiger partial charge on any atom is -0.480 e. The van der Waals surface area contributed by atoms with Crippen LogP contribution in [0.1, 0.15) is 39.2 Å². The van der Waals surface area contributed by atoms with Gasteiger partial charge in [-0.2, -0.15) is 0 Å². The summed E-state index contributed by atoms with van der Waals surface area (Å²) >= 11 is 0. The largest absolute Gasteiger partial charge is 0.480 e. The van der Waals surface area contributed by atoms with Gasteiger partial charge in [0.2, 0.25) is 0 Å². The fourth-order valence-corrected chi connectivity index (χ4v) is 3.96. The molecule has 0 spiro atoms. The molecule has 0 bridgehead atoms. The number of esters is 1. The molecule has 1 aromatic rings. The molecule has 8 heteroatoms. The summed E-state index contributed by atoms with van der Waals surface area (Å²) in [4.78, 5) is 38.7. The van der Waals surface area contributed by atoms with Gasteiger partial charge in [-0.1, -0.05) is 37.3 Å². The van der Waals surface area contributed by atoms with Crippen LogP contribution in [0, 0.1) is 5.92 Å². The number of nitrogens with zero attached hydrogens (tertiary/aromatic N) is 1. The number of hydrogen-bond donors (Lipinski definition) is 2. The molecule has 30 heavy (non-hydrogen) atoms. The zero-order valence-corrected chi connectivity index (χ0v) is 17.9. The van der Waals surface area contributed by atoms with Gasteiger partial charge in [-0.15, -0.1) is 0 Å². The van der Waals surface area contributed by atoms with Crippen LogP contribution in [0.2, 0.25) is 0 Å². The molecule has 0 amide bonds. The van der Waals surface area contributed by atoms with E-state index < -0.39 is 29.4 Å². The van der Waals surface area contributed by atoms with Crippen LogP contribution in [0.5, 0.6) is 0 Å². The highest BCUT2D eigenvalue weighted by molar-refractivity contribution is 6.10. The van der Waals surface area contributed by atoms with E-state index in [0.717, 1.165) is 5.56 Å². The Labute approximate surface area is 177 Å². The van der Waals surface area contributed by atoms with Crippen molar-refractivity contribution in [3.63, 3.8) is 0 Å². The molecule has 0 aromatic heterocycles. The van der Waals surface area contributed by atoms with Gasteiger partial charge in [-0.05, 0) is 25.3 Å². The van der Waals surface area contributed by atoms with Crippen LogP contribution in [-0.2, 0) is 30.5 Å². The van der Waals surface area contributed by atoms with Gasteiger partial charge >= 0.3 is 11.9 Å². The molecule has 1 heterocycles. The van der Waals surface area contributed by atoms with Crippen molar-refractivity contribution in [2.24, 2.45) is 11.7 Å². The highest BCUT2D eigenvalue weighted by Crippen LogP contribution is 2.35. The molecular weight excluding hydrogens is 388 g/mol. The summed E-state index contributed by atoms with van der Waals surface area (Å²) in [6, 6.07) is 8.62. The van der Waals surface area contributed by atoms with E-state index in [1.165, 1.54) is 6.92 Å². The third-order valence-corrected chi connectivity index (χ3v) is 5.34. The van der Waals surface area contributed by atoms with Gasteiger partial charge in [-0.3, -0.25) is 14.5 Å². The third kappa shape index (κ3) is 5.65. The molecule has 1 aliphatic heterocycles. The number of carbonyl (C=O) groups is 3. The summed E-state index contributed by atoms with van der Waals surface area (Å²) in [5.74, 6) is -2.33. The molecule has 3 N–H and O–H groups in total. The number of hydrogen-bond acceptors (Lipinski definition) is 7. The number of carboxylic acids is 1. The Balaban J connectivity index is 2.19. The molecule has 8 nitrogen and oxygen atoms in total. The lowest BCUT2D eigenvalue weighted by Crippen LogP contribution is -2.61. The summed E-state index contributed by atoms with van der Waals surface area (Å²) in [6.45, 7) is 6.17. The normalized spacial score (nSPS) is 23.7. The molecular formula is C22H32N2O6. The maximum Gasteiger partial charge on any atom is 0.332 e. The average Bonchev–Trinajstić information content (AvgIpc) is 3.05. The topological polar surface area (TPSA) is 119 Å². The first-order chi connectivity index (χ1) is 14.2. The predicted octanol–water partition coefficient (Wildman–Crippen LogP) is 1.61. The van der Waals surface area contributed by atoms with E-state index in [-0.39, 0.29) is 44.4 Å². The Hall–Kier alpha value is -2.29. The van der Waals surface area contributed by atoms with Crippen molar-refractivity contribution in [1.29, 1.82) is 0 Å². The minimum atomic E-state index is -1.77. The Morgan fingerprint density at radius 3 is 2.50 bits per heavy atom. The molecule has 1 aliphatic rings. The van der Waals surface area contributed by atoms with Gasteiger partial charge in [0, 0.05) is 25.9 Å². The fraction of sp³-hybridized carbons (Fsp3) is 0.591. The highest BCUT2D eigenvalue weighted by atomic mass is 16.5. The van der Waals surface area contributed by atoms with E-state index in [9.17, 15) is 19.5 Å². The number of carbonyl (C=O) groups excluding carboxylic acids is 2. The quantitative estimate of drug-likeness (QED) is 0.409. The first-order valence-corrected chi connectivity index (χ1v) is 10.3. The number of benzene rings is 1. The van der Waals surface area contributed by atoms with E-state index in [1.807, 2.05) is 37.3 Å². The fourth-order valence-electron chi connectivity index (χ4n) is 3.96. The zero-order valence-electron chi connectivity index (χ0n) is 17.9. The molecule has 0 aliphatic carbocycles. The average molecular weight is 421 g/mol. The van der Waals surface area contributed by atoms with Gasteiger partial charge in [0.25, 0.3) is 0 Å². The summed E-state index contributed by atoms with van der Waals surface area (Å²) in [7, 11) is 0. The van der Waals surface area contributed by atoms with Crippen molar-refractivity contribution in [3.05, 3.63) is 35.9 Å². The van der Waals surface area contributed by atoms with E-state index in [1.54, 1.807) is 11.8 Å². The molecule has 4 atom stereocenters. The number of likely N-dealkylation sites (tertiary alicyclic amines) is 1. The lowest BCUT2D eigenvalue weighted by atomic mass is 9.86. The molecule has 2 rings (SSSR count). The number of rotatable bonds is 11. The van der Waals surface area contributed by atoms with Crippen molar-refractivity contribution in [2.75, 3.05) is 19.7 Å². The minimum absolute atomic E-state index is 0.0155. The third-order valence-electron chi connectivity index (χ3n) is 5.34. The van der Waals surface area contributed by atoms with E-state index in [0.29, 0.717) is 6.61 Å². The van der Waals surface area contributed by atoms with Crippen molar-refractivity contribution >= 4 is 17.7 Å². The molecule has 1 aromatic carbocycles. The number of nitrogens with two attached hydrogens (primary N) is 1. The standard InChI is InChI=1S/C22H32N2O6/c1-4-29-19(25)10-15(2)12-24-13-18(30-14-17-8-6-5-7-9-17)11-22(24,21(27)28)20(26)16(3)23/h5-9,15-16,18H,4,10-14,23H2,1-3H3,(H,27,28)/t15?,16-,18-,22-/m0/s1. The lowest BCUT2D eigenvalue weighted by Gasteiger charge is -2.35. The number of carboxylic acid groups (broad SMARTS) is 1. The maximum atomic E-state index is 13.0. The molecule has 166 valence electrons. The predicted molar refractivity (Wildman–Crippen MR) is 111 cm³/mol. The first-order valence-electron chi connectivity index (χ1n) is 10.3. The Morgan fingerprint density at radius 2 is 1.93 bits per heavy atom. The van der Waals surface area contributed by atoms with Crippen molar-refractivity contribution in [2.45, 2.75) is 57.9 Å².